The number of hydrogen-bond donors (Lipinski definition) is 1. The minimum Gasteiger partial charge on any atom is -0.454 e. The minimum absolute atomic E-state index is 0.00872. The first-order valence-electron chi connectivity index (χ1n) is 8.84. The van der Waals surface area contributed by atoms with E-state index in [1.807, 2.05) is 26.8 Å². The van der Waals surface area contributed by atoms with Crippen LogP contribution in [0.4, 0.5) is 0 Å². The second-order valence-corrected chi connectivity index (χ2v) is 7.92. The molecule has 1 N–H and O–H groups in total. The summed E-state index contributed by atoms with van der Waals surface area (Å²) in [7, 11) is 0. The van der Waals surface area contributed by atoms with Crippen LogP contribution < -0.4 is 0 Å². The first kappa shape index (κ1) is 18.9. The largest absolute Gasteiger partial charge is 0.454 e. The molecule has 4 nitrogen and oxygen atoms in total. The highest BCUT2D eigenvalue weighted by molar-refractivity contribution is 5.92. The number of carbonyl (C=O) groups excluding carboxylic acids is 2. The van der Waals surface area contributed by atoms with Crippen molar-refractivity contribution in [2.45, 2.75) is 72.5 Å². The van der Waals surface area contributed by atoms with Gasteiger partial charge in [0.25, 0.3) is 0 Å². The fraction of sp³-hybridized carbons (Fsp3) is 0.700. The highest BCUT2D eigenvalue weighted by atomic mass is 16.5. The summed E-state index contributed by atoms with van der Waals surface area (Å²) >= 11 is 0. The third-order valence-corrected chi connectivity index (χ3v) is 6.20. The Bertz CT molecular complexity index is 601. The number of allylic oxidation sites excluding steroid dienone is 2. The van der Waals surface area contributed by atoms with Crippen LogP contribution in [-0.4, -0.2) is 28.6 Å². The number of ketones is 1. The van der Waals surface area contributed by atoms with Gasteiger partial charge in [0.2, 0.25) is 0 Å². The number of rotatable bonds is 3. The third-order valence-electron chi connectivity index (χ3n) is 6.20. The van der Waals surface area contributed by atoms with Crippen molar-refractivity contribution in [3.63, 3.8) is 0 Å². The van der Waals surface area contributed by atoms with E-state index in [4.69, 9.17) is 4.74 Å². The van der Waals surface area contributed by atoms with Gasteiger partial charge >= 0.3 is 5.97 Å². The van der Waals surface area contributed by atoms with Crippen LogP contribution in [0.5, 0.6) is 0 Å². The van der Waals surface area contributed by atoms with Gasteiger partial charge in [0, 0.05) is 12.0 Å². The maximum atomic E-state index is 12.9. The van der Waals surface area contributed by atoms with Crippen LogP contribution in [0.3, 0.4) is 0 Å². The van der Waals surface area contributed by atoms with Crippen molar-refractivity contribution >= 4 is 11.8 Å². The Balaban J connectivity index is 2.50. The molecule has 2 aliphatic carbocycles. The summed E-state index contributed by atoms with van der Waals surface area (Å²) in [6.07, 6.45) is 4.39. The van der Waals surface area contributed by atoms with Crippen molar-refractivity contribution in [2.24, 2.45) is 17.3 Å². The lowest BCUT2D eigenvalue weighted by Gasteiger charge is -2.44. The Morgan fingerprint density at radius 1 is 1.46 bits per heavy atom. The molecule has 0 amide bonds. The molecular formula is C20H30O4. The van der Waals surface area contributed by atoms with Gasteiger partial charge in [-0.2, -0.15) is 0 Å². The molecule has 0 heterocycles. The maximum absolute atomic E-state index is 12.9. The second-order valence-electron chi connectivity index (χ2n) is 7.92. The Kier molecular flexibility index (Phi) is 5.10. The van der Waals surface area contributed by atoms with Crippen LogP contribution in [0.25, 0.3) is 0 Å². The van der Waals surface area contributed by atoms with Crippen molar-refractivity contribution in [1.29, 1.82) is 0 Å². The molecule has 0 saturated heterocycles. The van der Waals surface area contributed by atoms with E-state index in [-0.39, 0.29) is 17.6 Å². The van der Waals surface area contributed by atoms with Crippen LogP contribution >= 0.6 is 0 Å². The van der Waals surface area contributed by atoms with Crippen molar-refractivity contribution < 1.29 is 19.4 Å². The quantitative estimate of drug-likeness (QED) is 0.487. The summed E-state index contributed by atoms with van der Waals surface area (Å²) in [5, 5.41) is 11.6. The number of fused-ring (bicyclic) bond motifs is 1. The number of carbonyl (C=O) groups is 2. The Morgan fingerprint density at radius 2 is 2.08 bits per heavy atom. The van der Waals surface area contributed by atoms with E-state index in [9.17, 15) is 14.7 Å². The molecule has 2 aliphatic rings. The van der Waals surface area contributed by atoms with Crippen molar-refractivity contribution in [3.8, 4) is 0 Å². The van der Waals surface area contributed by atoms with Gasteiger partial charge in [0.15, 0.2) is 0 Å². The highest BCUT2D eigenvalue weighted by Gasteiger charge is 2.66. The fourth-order valence-electron chi connectivity index (χ4n) is 4.22. The van der Waals surface area contributed by atoms with E-state index < -0.39 is 23.1 Å². The molecule has 0 spiro atoms. The Morgan fingerprint density at radius 3 is 2.62 bits per heavy atom. The second kappa shape index (κ2) is 6.47. The molecule has 4 heteroatoms. The van der Waals surface area contributed by atoms with Crippen LogP contribution in [0.15, 0.2) is 23.3 Å². The van der Waals surface area contributed by atoms with Gasteiger partial charge < -0.3 is 9.84 Å². The van der Waals surface area contributed by atoms with E-state index in [0.29, 0.717) is 24.8 Å². The first-order chi connectivity index (χ1) is 11.1. The maximum Gasteiger partial charge on any atom is 0.334 e. The third kappa shape index (κ3) is 2.75. The van der Waals surface area contributed by atoms with Crippen LogP contribution in [0.2, 0.25) is 0 Å². The summed E-state index contributed by atoms with van der Waals surface area (Å²) in [5.41, 5.74) is -0.696. The summed E-state index contributed by atoms with van der Waals surface area (Å²) in [6, 6.07) is 0. The molecule has 1 saturated carbocycles. The van der Waals surface area contributed by atoms with Gasteiger partial charge in [-0.15, -0.1) is 0 Å². The average molecular weight is 334 g/mol. The summed E-state index contributed by atoms with van der Waals surface area (Å²) in [4.78, 5) is 25.3. The number of Topliss-reactive ketones (excluding diaryl/α,β-unsaturated/α-hetero) is 1. The molecule has 24 heavy (non-hydrogen) atoms. The number of aliphatic hydroxyl groups is 1. The van der Waals surface area contributed by atoms with Crippen LogP contribution in [-0.2, 0) is 14.3 Å². The zero-order valence-electron chi connectivity index (χ0n) is 15.7. The zero-order valence-corrected chi connectivity index (χ0v) is 15.7. The van der Waals surface area contributed by atoms with Crippen LogP contribution in [0.1, 0.15) is 60.8 Å². The van der Waals surface area contributed by atoms with E-state index >= 15 is 0 Å². The summed E-state index contributed by atoms with van der Waals surface area (Å²) in [6.45, 7) is 11.3. The standard InChI is InChI=1S/C20H30O4/c1-7-14(5)18(22)24-17-10-13(4)8-9-20(23)15(12(2)3)11-16(21)19(17,20)6/h7,10,12,15,17,23H,8-9,11H2,1-6H3/b14-7-/t15-,17+,19-,20-/m1/s1. The molecule has 0 aromatic heterocycles. The number of esters is 1. The van der Waals surface area contributed by atoms with Crippen LogP contribution in [0, 0.1) is 17.3 Å². The lowest BCUT2D eigenvalue weighted by atomic mass is 9.65. The molecule has 0 aromatic rings. The molecule has 4 atom stereocenters. The molecule has 0 radical (unpaired) electrons. The molecule has 134 valence electrons. The number of ether oxygens (including phenoxy) is 1. The molecule has 2 rings (SSSR count). The van der Waals surface area contributed by atoms with E-state index in [0.717, 1.165) is 5.57 Å². The zero-order chi connectivity index (χ0) is 18.3. The van der Waals surface area contributed by atoms with E-state index in [2.05, 4.69) is 0 Å². The summed E-state index contributed by atoms with van der Waals surface area (Å²) in [5.74, 6) is -0.366. The minimum atomic E-state index is -1.15. The SMILES string of the molecule is C/C=C(/C)C(=O)O[C@H]1C=C(C)CC[C@@]2(O)[C@@H](C(C)C)CC(=O)[C@]12C. The predicted octanol–water partition coefficient (Wildman–Crippen LogP) is 3.59. The smallest absolute Gasteiger partial charge is 0.334 e. The first-order valence-corrected chi connectivity index (χ1v) is 8.84. The number of hydrogen-bond acceptors (Lipinski definition) is 4. The predicted molar refractivity (Wildman–Crippen MR) is 93.3 cm³/mol. The summed E-state index contributed by atoms with van der Waals surface area (Å²) < 4.78 is 5.71. The van der Waals surface area contributed by atoms with Gasteiger partial charge in [-0.05, 0) is 58.4 Å². The van der Waals surface area contributed by atoms with Crippen molar-refractivity contribution in [2.75, 3.05) is 0 Å². The van der Waals surface area contributed by atoms with Gasteiger partial charge in [-0.3, -0.25) is 4.79 Å². The van der Waals surface area contributed by atoms with E-state index in [1.54, 1.807) is 26.8 Å². The van der Waals surface area contributed by atoms with E-state index in [1.165, 1.54) is 0 Å². The molecule has 0 aliphatic heterocycles. The molecular weight excluding hydrogens is 304 g/mol. The highest BCUT2D eigenvalue weighted by Crippen LogP contribution is 2.56. The molecule has 0 bridgehead atoms. The normalized spacial score (nSPS) is 37.1. The molecule has 1 fully saturated rings. The average Bonchev–Trinajstić information content (AvgIpc) is 2.67. The monoisotopic (exact) mass is 334 g/mol. The lowest BCUT2D eigenvalue weighted by molar-refractivity contribution is -0.171. The lowest BCUT2D eigenvalue weighted by Crippen LogP contribution is -2.56. The Labute approximate surface area is 145 Å². The van der Waals surface area contributed by atoms with Crippen molar-refractivity contribution in [3.05, 3.63) is 23.3 Å². The molecule has 0 unspecified atom stereocenters. The fourth-order valence-corrected chi connectivity index (χ4v) is 4.22. The Hall–Kier alpha value is -1.42. The molecule has 0 aromatic carbocycles. The van der Waals surface area contributed by atoms with Gasteiger partial charge in [0.1, 0.15) is 11.9 Å². The van der Waals surface area contributed by atoms with Gasteiger partial charge in [-0.25, -0.2) is 4.79 Å². The van der Waals surface area contributed by atoms with Gasteiger partial charge in [-0.1, -0.05) is 25.5 Å². The van der Waals surface area contributed by atoms with Gasteiger partial charge in [0.05, 0.1) is 11.0 Å². The topological polar surface area (TPSA) is 63.6 Å². The van der Waals surface area contributed by atoms with Crippen molar-refractivity contribution in [1.82, 2.24) is 0 Å².